The number of nitrogens with zero attached hydrogens (tertiary/aromatic N) is 3. The molecule has 1 fully saturated rings. The van der Waals surface area contributed by atoms with Gasteiger partial charge in [0.1, 0.15) is 0 Å². The van der Waals surface area contributed by atoms with Crippen LogP contribution in [0.15, 0.2) is 0 Å². The molecule has 0 saturated carbocycles. The van der Waals surface area contributed by atoms with Crippen LogP contribution in [0.1, 0.15) is 49.2 Å². The van der Waals surface area contributed by atoms with Crippen LogP contribution < -0.4 is 0 Å². The van der Waals surface area contributed by atoms with E-state index in [-0.39, 0.29) is 17.5 Å². The summed E-state index contributed by atoms with van der Waals surface area (Å²) in [7, 11) is 1.98. The van der Waals surface area contributed by atoms with Crippen molar-refractivity contribution in [1.29, 1.82) is 0 Å². The number of hydrogen-bond acceptors (Lipinski definition) is 2. The summed E-state index contributed by atoms with van der Waals surface area (Å²) >= 11 is 0. The molecule has 1 atom stereocenters. The molecule has 1 aliphatic rings. The lowest BCUT2D eigenvalue weighted by atomic mass is 10.0. The predicted molar refractivity (Wildman–Crippen MR) is 67.2 cm³/mol. The summed E-state index contributed by atoms with van der Waals surface area (Å²) in [6.07, 6.45) is -3.52. The van der Waals surface area contributed by atoms with Gasteiger partial charge in [0.2, 0.25) is 0 Å². The zero-order valence-corrected chi connectivity index (χ0v) is 11.8. The zero-order chi connectivity index (χ0) is 14.4. The maximum absolute atomic E-state index is 13.0. The van der Waals surface area contributed by atoms with Crippen LogP contribution in [0.4, 0.5) is 13.2 Å². The first-order chi connectivity index (χ1) is 8.71. The Labute approximate surface area is 111 Å². The molecule has 0 bridgehead atoms. The Morgan fingerprint density at radius 3 is 2.37 bits per heavy atom. The van der Waals surface area contributed by atoms with E-state index in [1.165, 1.54) is 6.92 Å². The fourth-order valence-electron chi connectivity index (χ4n) is 2.89. The van der Waals surface area contributed by atoms with Crippen LogP contribution >= 0.6 is 0 Å². The van der Waals surface area contributed by atoms with Gasteiger partial charge >= 0.3 is 6.18 Å². The third-order valence-electron chi connectivity index (χ3n) is 3.72. The molecule has 108 valence electrons. The number of likely N-dealkylation sites (N-methyl/N-ethyl adjacent to an activating group) is 1. The summed E-state index contributed by atoms with van der Waals surface area (Å²) in [4.78, 5) is 2.12. The first-order valence-corrected chi connectivity index (χ1v) is 6.56. The summed E-state index contributed by atoms with van der Waals surface area (Å²) in [5.41, 5.74) is 0.260. The van der Waals surface area contributed by atoms with Gasteiger partial charge in [0.15, 0.2) is 5.69 Å². The Morgan fingerprint density at radius 2 is 1.95 bits per heavy atom. The monoisotopic (exact) mass is 275 g/mol. The van der Waals surface area contributed by atoms with Crippen molar-refractivity contribution in [2.75, 3.05) is 20.1 Å². The van der Waals surface area contributed by atoms with Crippen molar-refractivity contribution in [3.8, 4) is 0 Å². The van der Waals surface area contributed by atoms with Crippen LogP contribution in [0.5, 0.6) is 0 Å². The van der Waals surface area contributed by atoms with Crippen LogP contribution in [-0.2, 0) is 6.18 Å². The van der Waals surface area contributed by atoms with Crippen LogP contribution in [-0.4, -0.2) is 34.8 Å². The van der Waals surface area contributed by atoms with Crippen molar-refractivity contribution in [3.63, 3.8) is 0 Å². The standard InChI is InChI=1S/C13H20F3N3/c1-8(2)11-9(3)12(13(14,15)16)17-19(11)10-5-6-18(4)7-10/h8,10H,5-7H2,1-4H3. The fraction of sp³-hybridized carbons (Fsp3) is 0.769. The number of likely N-dealkylation sites (tertiary alicyclic amines) is 1. The topological polar surface area (TPSA) is 21.1 Å². The Kier molecular flexibility index (Phi) is 3.64. The van der Waals surface area contributed by atoms with Gasteiger partial charge in [-0.25, -0.2) is 0 Å². The first-order valence-electron chi connectivity index (χ1n) is 6.56. The summed E-state index contributed by atoms with van der Waals surface area (Å²) in [5.74, 6) is 0.0366. The van der Waals surface area contributed by atoms with E-state index in [1.807, 2.05) is 20.9 Å². The normalized spacial score (nSPS) is 21.6. The minimum Gasteiger partial charge on any atom is -0.304 e. The molecule has 0 aromatic carbocycles. The molecular formula is C13H20F3N3. The van der Waals surface area contributed by atoms with Crippen molar-refractivity contribution in [2.24, 2.45) is 0 Å². The lowest BCUT2D eigenvalue weighted by Crippen LogP contribution is -2.19. The summed E-state index contributed by atoms with van der Waals surface area (Å²) < 4.78 is 40.6. The van der Waals surface area contributed by atoms with E-state index >= 15 is 0 Å². The lowest BCUT2D eigenvalue weighted by molar-refractivity contribution is -0.142. The second-order valence-electron chi connectivity index (χ2n) is 5.66. The van der Waals surface area contributed by atoms with Gasteiger partial charge in [-0.15, -0.1) is 0 Å². The van der Waals surface area contributed by atoms with Crippen molar-refractivity contribution in [3.05, 3.63) is 17.0 Å². The van der Waals surface area contributed by atoms with Crippen molar-refractivity contribution in [1.82, 2.24) is 14.7 Å². The van der Waals surface area contributed by atoms with E-state index in [4.69, 9.17) is 0 Å². The van der Waals surface area contributed by atoms with Crippen molar-refractivity contribution < 1.29 is 13.2 Å². The fourth-order valence-corrected chi connectivity index (χ4v) is 2.89. The number of hydrogen-bond donors (Lipinski definition) is 0. The predicted octanol–water partition coefficient (Wildman–Crippen LogP) is 3.21. The first kappa shape index (κ1) is 14.4. The van der Waals surface area contributed by atoms with Crippen molar-refractivity contribution >= 4 is 0 Å². The zero-order valence-electron chi connectivity index (χ0n) is 11.8. The highest BCUT2D eigenvalue weighted by atomic mass is 19.4. The average Bonchev–Trinajstić information content (AvgIpc) is 2.80. The Hall–Kier alpha value is -1.04. The number of rotatable bonds is 2. The molecule has 0 aliphatic carbocycles. The van der Waals surface area contributed by atoms with Crippen LogP contribution in [0.2, 0.25) is 0 Å². The molecule has 1 aromatic heterocycles. The van der Waals surface area contributed by atoms with Gasteiger partial charge in [0.25, 0.3) is 0 Å². The second kappa shape index (κ2) is 4.81. The van der Waals surface area contributed by atoms with Gasteiger partial charge < -0.3 is 4.90 Å². The van der Waals surface area contributed by atoms with Gasteiger partial charge in [-0.2, -0.15) is 18.3 Å². The number of halogens is 3. The minimum absolute atomic E-state index is 0.0366. The van der Waals surface area contributed by atoms with Gasteiger partial charge in [0, 0.05) is 17.8 Å². The molecule has 1 aromatic rings. The molecular weight excluding hydrogens is 255 g/mol. The molecule has 3 nitrogen and oxygen atoms in total. The molecule has 2 heterocycles. The van der Waals surface area contributed by atoms with Crippen LogP contribution in [0.25, 0.3) is 0 Å². The van der Waals surface area contributed by atoms with E-state index in [1.54, 1.807) is 4.68 Å². The Morgan fingerprint density at radius 1 is 1.32 bits per heavy atom. The van der Waals surface area contributed by atoms with Gasteiger partial charge in [0.05, 0.1) is 6.04 Å². The van der Waals surface area contributed by atoms with Gasteiger partial charge in [-0.3, -0.25) is 4.68 Å². The quantitative estimate of drug-likeness (QED) is 0.826. The maximum Gasteiger partial charge on any atom is 0.435 e. The largest absolute Gasteiger partial charge is 0.435 e. The maximum atomic E-state index is 13.0. The van der Waals surface area contributed by atoms with E-state index in [2.05, 4.69) is 10.00 Å². The van der Waals surface area contributed by atoms with Crippen LogP contribution in [0.3, 0.4) is 0 Å². The molecule has 0 radical (unpaired) electrons. The van der Waals surface area contributed by atoms with Crippen LogP contribution in [0, 0.1) is 6.92 Å². The molecule has 0 spiro atoms. The summed E-state index contributed by atoms with van der Waals surface area (Å²) in [6, 6.07) is 0.0530. The van der Waals surface area contributed by atoms with E-state index in [9.17, 15) is 13.2 Å². The Balaban J connectivity index is 2.48. The smallest absolute Gasteiger partial charge is 0.304 e. The van der Waals surface area contributed by atoms with E-state index in [0.717, 1.165) is 19.5 Å². The highest BCUT2D eigenvalue weighted by molar-refractivity contribution is 5.29. The van der Waals surface area contributed by atoms with Gasteiger partial charge in [-0.1, -0.05) is 13.8 Å². The van der Waals surface area contributed by atoms with Crippen molar-refractivity contribution in [2.45, 2.75) is 45.3 Å². The SMILES string of the molecule is Cc1c(C(F)(F)F)nn(C2CCN(C)C2)c1C(C)C. The van der Waals surface area contributed by atoms with E-state index < -0.39 is 11.9 Å². The summed E-state index contributed by atoms with van der Waals surface area (Å²) in [5, 5.41) is 3.88. The molecule has 19 heavy (non-hydrogen) atoms. The molecule has 6 heteroatoms. The Bertz CT molecular complexity index is 462. The highest BCUT2D eigenvalue weighted by Crippen LogP contribution is 2.36. The van der Waals surface area contributed by atoms with E-state index in [0.29, 0.717) is 5.69 Å². The third-order valence-corrected chi connectivity index (χ3v) is 3.72. The lowest BCUT2D eigenvalue weighted by Gasteiger charge is -2.17. The summed E-state index contributed by atoms with van der Waals surface area (Å²) in [6.45, 7) is 7.03. The molecule has 1 aliphatic heterocycles. The van der Waals surface area contributed by atoms with Gasteiger partial charge in [-0.05, 0) is 32.9 Å². The molecule has 0 N–H and O–H groups in total. The number of aromatic nitrogens is 2. The highest BCUT2D eigenvalue weighted by Gasteiger charge is 2.39. The third kappa shape index (κ3) is 2.63. The second-order valence-corrected chi connectivity index (χ2v) is 5.66. The number of alkyl halides is 3. The molecule has 1 unspecified atom stereocenters. The minimum atomic E-state index is -4.37. The average molecular weight is 275 g/mol. The molecule has 1 saturated heterocycles. The molecule has 0 amide bonds. The molecule has 2 rings (SSSR count).